The zero-order valence-corrected chi connectivity index (χ0v) is 23.1. The molecule has 6 nitrogen and oxygen atoms in total. The van der Waals surface area contributed by atoms with Crippen LogP contribution in [0.1, 0.15) is 53.2 Å². The van der Waals surface area contributed by atoms with Crippen molar-refractivity contribution in [2.45, 2.75) is 38.1 Å². The molecule has 204 valence electrons. The molecule has 3 aromatic rings. The zero-order chi connectivity index (χ0) is 27.4. The molecular formula is C30H31Cl2FN4O2. The summed E-state index contributed by atoms with van der Waals surface area (Å²) in [6.45, 7) is 3.64. The van der Waals surface area contributed by atoms with E-state index in [0.29, 0.717) is 19.0 Å². The fourth-order valence-corrected chi connectivity index (χ4v) is 5.74. The van der Waals surface area contributed by atoms with Crippen LogP contribution in [0, 0.1) is 11.7 Å². The molecule has 0 unspecified atom stereocenters. The summed E-state index contributed by atoms with van der Waals surface area (Å²) in [6.07, 6.45) is 5.03. The molecule has 0 bridgehead atoms. The fraction of sp³-hybridized carbons (Fsp3) is 0.367. The Kier molecular flexibility index (Phi) is 8.80. The number of carbonyl (C=O) groups excluding carboxylic acids is 2. The van der Waals surface area contributed by atoms with Crippen molar-refractivity contribution < 1.29 is 14.0 Å². The first-order valence-corrected chi connectivity index (χ1v) is 14.1. The maximum Gasteiger partial charge on any atom is 0.256 e. The Bertz CT molecular complexity index is 1310. The predicted octanol–water partition coefficient (Wildman–Crippen LogP) is 6.40. The van der Waals surface area contributed by atoms with Gasteiger partial charge in [0.1, 0.15) is 5.82 Å². The van der Waals surface area contributed by atoms with E-state index in [0.717, 1.165) is 62.8 Å². The van der Waals surface area contributed by atoms with Gasteiger partial charge in [-0.15, -0.1) is 0 Å². The third-order valence-corrected chi connectivity index (χ3v) is 8.46. The Morgan fingerprint density at radius 2 is 1.62 bits per heavy atom. The van der Waals surface area contributed by atoms with Crippen molar-refractivity contribution in [3.05, 3.63) is 93.5 Å². The van der Waals surface area contributed by atoms with Crippen molar-refractivity contribution in [1.82, 2.24) is 14.8 Å². The monoisotopic (exact) mass is 568 g/mol. The topological polar surface area (TPSA) is 65.5 Å². The van der Waals surface area contributed by atoms with E-state index in [1.54, 1.807) is 4.90 Å². The highest BCUT2D eigenvalue weighted by Gasteiger charge is 2.28. The molecule has 2 fully saturated rings. The van der Waals surface area contributed by atoms with E-state index < -0.39 is 5.82 Å². The fourth-order valence-electron chi connectivity index (χ4n) is 5.43. The number of hydrogen-bond donors (Lipinski definition) is 1. The van der Waals surface area contributed by atoms with Crippen LogP contribution in [0.5, 0.6) is 0 Å². The van der Waals surface area contributed by atoms with Gasteiger partial charge in [-0.2, -0.15) is 0 Å². The lowest BCUT2D eigenvalue weighted by molar-refractivity contribution is -0.121. The highest BCUT2D eigenvalue weighted by molar-refractivity contribution is 6.42. The number of benzene rings is 2. The quantitative estimate of drug-likeness (QED) is 0.349. The van der Waals surface area contributed by atoms with E-state index in [1.165, 1.54) is 11.6 Å². The average molecular weight is 570 g/mol. The molecule has 0 spiro atoms. The summed E-state index contributed by atoms with van der Waals surface area (Å²) in [5, 5.41) is 3.33. The van der Waals surface area contributed by atoms with Crippen molar-refractivity contribution in [3.8, 4) is 0 Å². The van der Waals surface area contributed by atoms with Gasteiger partial charge in [0.15, 0.2) is 0 Å². The normalized spacial score (nSPS) is 17.3. The summed E-state index contributed by atoms with van der Waals surface area (Å²) in [5.74, 6) is -0.663. The van der Waals surface area contributed by atoms with Crippen LogP contribution in [0.25, 0.3) is 0 Å². The van der Waals surface area contributed by atoms with Crippen LogP contribution in [0.2, 0.25) is 10.0 Å². The second kappa shape index (κ2) is 12.5. The summed E-state index contributed by atoms with van der Waals surface area (Å²) in [4.78, 5) is 34.1. The van der Waals surface area contributed by atoms with Crippen LogP contribution in [-0.2, 0) is 11.3 Å². The minimum absolute atomic E-state index is 0.00637. The SMILES string of the molecule is O=C(Nc1ccc(C2CCN(C(=O)c3cc(Cl)c(Cl)cc3F)CC2)cc1)C1CCN(Cc2ccccn2)CC1. The minimum Gasteiger partial charge on any atom is -0.339 e. The molecule has 3 heterocycles. The third kappa shape index (κ3) is 6.78. The van der Waals surface area contributed by atoms with Crippen molar-refractivity contribution in [2.24, 2.45) is 5.92 Å². The van der Waals surface area contributed by atoms with Gasteiger partial charge < -0.3 is 10.2 Å². The van der Waals surface area contributed by atoms with Gasteiger partial charge in [-0.3, -0.25) is 19.5 Å². The molecule has 9 heteroatoms. The lowest BCUT2D eigenvalue weighted by Gasteiger charge is -2.32. The first-order valence-electron chi connectivity index (χ1n) is 13.3. The molecule has 0 radical (unpaired) electrons. The van der Waals surface area contributed by atoms with E-state index in [-0.39, 0.29) is 33.3 Å². The number of halogens is 3. The molecule has 0 atom stereocenters. The molecule has 2 aliphatic heterocycles. The largest absolute Gasteiger partial charge is 0.339 e. The van der Waals surface area contributed by atoms with Crippen LogP contribution in [0.4, 0.5) is 10.1 Å². The lowest BCUT2D eigenvalue weighted by atomic mass is 9.89. The van der Waals surface area contributed by atoms with Crippen molar-refractivity contribution in [2.75, 3.05) is 31.5 Å². The van der Waals surface area contributed by atoms with Gasteiger partial charge >= 0.3 is 0 Å². The minimum atomic E-state index is -0.663. The van der Waals surface area contributed by atoms with Crippen LogP contribution >= 0.6 is 23.2 Å². The highest BCUT2D eigenvalue weighted by atomic mass is 35.5. The van der Waals surface area contributed by atoms with Gasteiger partial charge in [-0.05, 0) is 86.7 Å². The molecule has 0 aliphatic carbocycles. The summed E-state index contributed by atoms with van der Waals surface area (Å²) in [7, 11) is 0. The number of aromatic nitrogens is 1. The molecule has 1 N–H and O–H groups in total. The zero-order valence-electron chi connectivity index (χ0n) is 21.6. The number of piperidine rings is 2. The van der Waals surface area contributed by atoms with E-state index in [2.05, 4.69) is 15.2 Å². The number of carbonyl (C=O) groups is 2. The van der Waals surface area contributed by atoms with Gasteiger partial charge in [0.2, 0.25) is 5.91 Å². The molecule has 2 amide bonds. The highest BCUT2D eigenvalue weighted by Crippen LogP contribution is 2.31. The van der Waals surface area contributed by atoms with E-state index >= 15 is 0 Å². The standard InChI is InChI=1S/C30H31Cl2FN4O2/c31-26-17-25(28(33)18-27(26)32)30(39)37-15-10-21(11-16-37)20-4-6-23(7-5-20)35-29(38)22-8-13-36(14-9-22)19-24-3-1-2-12-34-24/h1-7,12,17-18,21-22H,8-11,13-16,19H2,(H,35,38). The van der Waals surface area contributed by atoms with Gasteiger partial charge in [0.25, 0.3) is 5.91 Å². The van der Waals surface area contributed by atoms with E-state index in [1.807, 2.05) is 48.7 Å². The predicted molar refractivity (Wildman–Crippen MR) is 152 cm³/mol. The maximum atomic E-state index is 14.3. The van der Waals surface area contributed by atoms with Crippen LogP contribution in [0.3, 0.4) is 0 Å². The van der Waals surface area contributed by atoms with Crippen molar-refractivity contribution in [1.29, 1.82) is 0 Å². The first-order chi connectivity index (χ1) is 18.9. The molecule has 39 heavy (non-hydrogen) atoms. The molecule has 2 aromatic carbocycles. The first kappa shape index (κ1) is 27.6. The summed E-state index contributed by atoms with van der Waals surface area (Å²) < 4.78 is 14.3. The number of nitrogens with one attached hydrogen (secondary N) is 1. The molecule has 1 aromatic heterocycles. The number of anilines is 1. The van der Waals surface area contributed by atoms with Crippen molar-refractivity contribution >= 4 is 40.7 Å². The van der Waals surface area contributed by atoms with Gasteiger partial charge in [0.05, 0.1) is 21.3 Å². The number of nitrogens with zero attached hydrogens (tertiary/aromatic N) is 3. The Morgan fingerprint density at radius 3 is 2.28 bits per heavy atom. The van der Waals surface area contributed by atoms with Gasteiger partial charge in [-0.1, -0.05) is 41.4 Å². The van der Waals surface area contributed by atoms with E-state index in [4.69, 9.17) is 23.2 Å². The van der Waals surface area contributed by atoms with Crippen LogP contribution < -0.4 is 5.32 Å². The van der Waals surface area contributed by atoms with Gasteiger partial charge in [0, 0.05) is 37.4 Å². The Morgan fingerprint density at radius 1 is 0.923 bits per heavy atom. The summed E-state index contributed by atoms with van der Waals surface area (Å²) in [6, 6.07) is 16.3. The third-order valence-electron chi connectivity index (χ3n) is 7.74. The molecule has 2 aliphatic rings. The molecule has 2 saturated heterocycles. The average Bonchev–Trinajstić information content (AvgIpc) is 2.96. The number of amides is 2. The van der Waals surface area contributed by atoms with Gasteiger partial charge in [-0.25, -0.2) is 4.39 Å². The Labute approximate surface area is 238 Å². The lowest BCUT2D eigenvalue weighted by Crippen LogP contribution is -2.38. The molecular weight excluding hydrogens is 538 g/mol. The Balaban J connectivity index is 1.09. The van der Waals surface area contributed by atoms with Crippen LogP contribution in [0.15, 0.2) is 60.8 Å². The number of rotatable bonds is 6. The number of hydrogen-bond acceptors (Lipinski definition) is 4. The molecule has 5 rings (SSSR count). The smallest absolute Gasteiger partial charge is 0.256 e. The van der Waals surface area contributed by atoms with Crippen LogP contribution in [-0.4, -0.2) is 52.8 Å². The van der Waals surface area contributed by atoms with E-state index in [9.17, 15) is 14.0 Å². The summed E-state index contributed by atoms with van der Waals surface area (Å²) >= 11 is 11.8. The van der Waals surface area contributed by atoms with Crippen molar-refractivity contribution in [3.63, 3.8) is 0 Å². The maximum absolute atomic E-state index is 14.3. The second-order valence-corrected chi connectivity index (χ2v) is 11.1. The Hall–Kier alpha value is -3.00. The second-order valence-electron chi connectivity index (χ2n) is 10.3. The molecule has 0 saturated carbocycles. The number of pyridine rings is 1. The number of likely N-dealkylation sites (tertiary alicyclic amines) is 2. The summed E-state index contributed by atoms with van der Waals surface area (Å²) in [5.41, 5.74) is 2.96.